The van der Waals surface area contributed by atoms with Gasteiger partial charge in [-0.05, 0) is 27.2 Å². The number of esters is 1. The minimum absolute atomic E-state index is 0.103. The molecule has 0 unspecified atom stereocenters. The molecule has 0 aliphatic heterocycles. The average molecular weight is 244 g/mol. The first-order valence-corrected chi connectivity index (χ1v) is 6.08. The second kappa shape index (κ2) is 12.9. The van der Waals surface area contributed by atoms with Gasteiger partial charge in [0.05, 0.1) is 6.61 Å². The summed E-state index contributed by atoms with van der Waals surface area (Å²) in [6.45, 7) is 7.19. The van der Waals surface area contributed by atoms with Crippen LogP contribution in [0.5, 0.6) is 0 Å². The molecule has 17 heavy (non-hydrogen) atoms. The van der Waals surface area contributed by atoms with E-state index in [1.165, 1.54) is 19.8 Å². The van der Waals surface area contributed by atoms with E-state index < -0.39 is 5.97 Å². The Balaban J connectivity index is 0. The molecule has 0 aliphatic rings. The summed E-state index contributed by atoms with van der Waals surface area (Å²) in [7, 11) is 0. The number of ketones is 2. The van der Waals surface area contributed by atoms with E-state index in [9.17, 15) is 14.4 Å². The summed E-state index contributed by atoms with van der Waals surface area (Å²) in [5.74, 6) is -0.281. The number of hydrogen-bond donors (Lipinski definition) is 0. The number of carbonyl (C=O) groups is 3. The number of Topliss-reactive ketones (excluding diaryl/α,β-unsaturated/α-hetero) is 2. The fourth-order valence-electron chi connectivity index (χ4n) is 1.04. The van der Waals surface area contributed by atoms with Crippen LogP contribution in [-0.4, -0.2) is 24.1 Å². The second-order valence-corrected chi connectivity index (χ2v) is 3.84. The molecule has 0 spiro atoms. The molecule has 4 nitrogen and oxygen atoms in total. The molecule has 0 N–H and O–H groups in total. The van der Waals surface area contributed by atoms with Crippen LogP contribution in [0.15, 0.2) is 0 Å². The van der Waals surface area contributed by atoms with Gasteiger partial charge in [-0.3, -0.25) is 9.59 Å². The maximum atomic E-state index is 10.4. The topological polar surface area (TPSA) is 60.4 Å². The lowest BCUT2D eigenvalue weighted by atomic mass is 10.2. The molecule has 4 heteroatoms. The molecule has 0 bridgehead atoms. The molecule has 0 radical (unpaired) electrons. The Morgan fingerprint density at radius 1 is 0.941 bits per heavy atom. The van der Waals surface area contributed by atoms with Gasteiger partial charge in [0.1, 0.15) is 18.0 Å². The number of ether oxygens (including phenoxy) is 1. The molecule has 0 saturated carbocycles. The first kappa shape index (κ1) is 18.2. The normalized spacial score (nSPS) is 8.94. The van der Waals surface area contributed by atoms with Crippen LogP contribution < -0.4 is 0 Å². The summed E-state index contributed by atoms with van der Waals surface area (Å²) < 4.78 is 4.49. The van der Waals surface area contributed by atoms with Gasteiger partial charge in [-0.25, -0.2) is 0 Å². The lowest BCUT2D eigenvalue weighted by Gasteiger charge is -1.96. The molecule has 0 aromatic heterocycles. The van der Waals surface area contributed by atoms with E-state index in [4.69, 9.17) is 0 Å². The largest absolute Gasteiger partial charge is 0.466 e. The molecular formula is C13H24O4. The third-order valence-corrected chi connectivity index (χ3v) is 1.83. The predicted molar refractivity (Wildman–Crippen MR) is 66.8 cm³/mol. The Morgan fingerprint density at radius 3 is 1.88 bits per heavy atom. The van der Waals surface area contributed by atoms with Gasteiger partial charge in [0, 0.05) is 6.42 Å². The van der Waals surface area contributed by atoms with E-state index in [1.54, 1.807) is 13.8 Å². The van der Waals surface area contributed by atoms with Gasteiger partial charge in [-0.15, -0.1) is 0 Å². The lowest BCUT2D eigenvalue weighted by molar-refractivity contribution is -0.145. The van der Waals surface area contributed by atoms with Crippen LogP contribution in [0, 0.1) is 0 Å². The Morgan fingerprint density at radius 2 is 1.53 bits per heavy atom. The van der Waals surface area contributed by atoms with Crippen LogP contribution in [-0.2, 0) is 19.1 Å². The van der Waals surface area contributed by atoms with Crippen LogP contribution in [0.25, 0.3) is 0 Å². The molecule has 0 atom stereocenters. The minimum atomic E-state index is -0.440. The van der Waals surface area contributed by atoms with E-state index in [-0.39, 0.29) is 12.2 Å². The molecule has 100 valence electrons. The van der Waals surface area contributed by atoms with Gasteiger partial charge in [0.2, 0.25) is 0 Å². The number of carbonyl (C=O) groups excluding carboxylic acids is 3. The predicted octanol–water partition coefficient (Wildman–Crippen LogP) is 2.68. The Kier molecular flexibility index (Phi) is 13.8. The number of hydrogen-bond acceptors (Lipinski definition) is 4. The van der Waals surface area contributed by atoms with Crippen molar-refractivity contribution in [3.8, 4) is 0 Å². The quantitative estimate of drug-likeness (QED) is 0.392. The maximum absolute atomic E-state index is 10.4. The zero-order chi connectivity index (χ0) is 13.7. The zero-order valence-corrected chi connectivity index (χ0v) is 11.4. The van der Waals surface area contributed by atoms with Crippen molar-refractivity contribution in [2.24, 2.45) is 0 Å². The fourth-order valence-corrected chi connectivity index (χ4v) is 1.04. The molecular weight excluding hydrogens is 220 g/mol. The highest BCUT2D eigenvalue weighted by molar-refractivity contribution is 5.94. The SMILES string of the molecule is CCCCCC(C)=O.CCOC(=O)CC(C)=O. The van der Waals surface area contributed by atoms with Gasteiger partial charge >= 0.3 is 5.97 Å². The van der Waals surface area contributed by atoms with Crippen LogP contribution >= 0.6 is 0 Å². The molecule has 0 amide bonds. The van der Waals surface area contributed by atoms with Crippen LogP contribution in [0.3, 0.4) is 0 Å². The van der Waals surface area contributed by atoms with Crippen molar-refractivity contribution < 1.29 is 19.1 Å². The van der Waals surface area contributed by atoms with Crippen LogP contribution in [0.2, 0.25) is 0 Å². The van der Waals surface area contributed by atoms with E-state index in [0.29, 0.717) is 12.4 Å². The molecule has 0 fully saturated rings. The summed E-state index contributed by atoms with van der Waals surface area (Å²) >= 11 is 0. The molecule has 0 saturated heterocycles. The summed E-state index contributed by atoms with van der Waals surface area (Å²) in [6, 6.07) is 0. The smallest absolute Gasteiger partial charge is 0.313 e. The Bertz CT molecular complexity index is 234. The van der Waals surface area contributed by atoms with E-state index in [0.717, 1.165) is 12.8 Å². The number of unbranched alkanes of at least 4 members (excludes halogenated alkanes) is 2. The van der Waals surface area contributed by atoms with Gasteiger partial charge in [0.15, 0.2) is 0 Å². The molecule has 0 aromatic rings. The Labute approximate surface area is 104 Å². The van der Waals surface area contributed by atoms with Crippen molar-refractivity contribution in [1.82, 2.24) is 0 Å². The molecule has 0 aromatic carbocycles. The van der Waals surface area contributed by atoms with Crippen molar-refractivity contribution in [2.45, 2.75) is 59.8 Å². The van der Waals surface area contributed by atoms with Crippen molar-refractivity contribution in [1.29, 1.82) is 0 Å². The molecule has 0 heterocycles. The van der Waals surface area contributed by atoms with Crippen molar-refractivity contribution in [2.75, 3.05) is 6.61 Å². The highest BCUT2D eigenvalue weighted by atomic mass is 16.5. The first-order chi connectivity index (χ1) is 7.93. The summed E-state index contributed by atoms with van der Waals surface area (Å²) in [4.78, 5) is 31.0. The van der Waals surface area contributed by atoms with Crippen molar-refractivity contribution in [3.05, 3.63) is 0 Å². The second-order valence-electron chi connectivity index (χ2n) is 3.84. The van der Waals surface area contributed by atoms with E-state index in [2.05, 4.69) is 11.7 Å². The summed E-state index contributed by atoms with van der Waals surface area (Å²) in [5.41, 5.74) is 0. The highest BCUT2D eigenvalue weighted by Gasteiger charge is 2.03. The van der Waals surface area contributed by atoms with Gasteiger partial charge < -0.3 is 9.53 Å². The molecule has 0 aliphatic carbocycles. The maximum Gasteiger partial charge on any atom is 0.313 e. The monoisotopic (exact) mass is 244 g/mol. The average Bonchev–Trinajstić information content (AvgIpc) is 2.17. The van der Waals surface area contributed by atoms with Gasteiger partial charge in [-0.2, -0.15) is 0 Å². The standard InChI is InChI=1S/C7H14O.C6H10O3/c1-3-4-5-6-7(2)8;1-3-9-6(8)4-5(2)7/h3-6H2,1-2H3;3-4H2,1-2H3. The van der Waals surface area contributed by atoms with Crippen molar-refractivity contribution >= 4 is 17.5 Å². The van der Waals surface area contributed by atoms with E-state index in [1.807, 2.05) is 0 Å². The summed E-state index contributed by atoms with van der Waals surface area (Å²) in [5, 5.41) is 0. The van der Waals surface area contributed by atoms with Crippen LogP contribution in [0.1, 0.15) is 59.8 Å². The van der Waals surface area contributed by atoms with Gasteiger partial charge in [-0.1, -0.05) is 19.8 Å². The Hall–Kier alpha value is -1.19. The lowest BCUT2D eigenvalue weighted by Crippen LogP contribution is -2.07. The minimum Gasteiger partial charge on any atom is -0.466 e. The number of rotatable bonds is 7. The fraction of sp³-hybridized carbons (Fsp3) is 0.769. The molecule has 0 rings (SSSR count). The van der Waals surface area contributed by atoms with Gasteiger partial charge in [0.25, 0.3) is 0 Å². The van der Waals surface area contributed by atoms with Crippen molar-refractivity contribution in [3.63, 3.8) is 0 Å². The van der Waals surface area contributed by atoms with Crippen LogP contribution in [0.4, 0.5) is 0 Å². The third-order valence-electron chi connectivity index (χ3n) is 1.83. The third kappa shape index (κ3) is 20.8. The summed E-state index contributed by atoms with van der Waals surface area (Å²) in [6.07, 6.45) is 4.14. The van der Waals surface area contributed by atoms with E-state index >= 15 is 0 Å². The first-order valence-electron chi connectivity index (χ1n) is 6.08. The zero-order valence-electron chi connectivity index (χ0n) is 11.4. The highest BCUT2D eigenvalue weighted by Crippen LogP contribution is 1.98.